The molecule has 0 N–H and O–H groups in total. The van der Waals surface area contributed by atoms with Crippen molar-refractivity contribution in [1.82, 2.24) is 0 Å². The maximum atomic E-state index is 11.2. The molecular formula is C60H120O12. The fourth-order valence-corrected chi connectivity index (χ4v) is 7.42. The fraction of sp³-hybridized carbons (Fsp3) is 0.950. The van der Waals surface area contributed by atoms with Gasteiger partial charge in [0.2, 0.25) is 0 Å². The molecule has 0 saturated heterocycles. The Kier molecular flexibility index (Phi) is 67.5. The first-order valence-electron chi connectivity index (χ1n) is 30.2. The van der Waals surface area contributed by atoms with Gasteiger partial charge in [0, 0.05) is 39.1 Å². The monoisotopic (exact) mass is 1030 g/mol. The Morgan fingerprint density at radius 2 is 0.458 bits per heavy atom. The van der Waals surface area contributed by atoms with Crippen LogP contribution >= 0.6 is 0 Å². The van der Waals surface area contributed by atoms with Gasteiger partial charge in [-0.05, 0) is 99.3 Å². The molecule has 0 aliphatic rings. The average molecular weight is 1030 g/mol. The van der Waals surface area contributed by atoms with E-state index in [4.69, 9.17) is 42.6 Å². The minimum atomic E-state index is -0.0643. The number of rotatable bonds is 54. The number of carbonyl (C=O) groups excluding carboxylic acids is 3. The molecule has 0 aromatic carbocycles. The summed E-state index contributed by atoms with van der Waals surface area (Å²) in [6.45, 7) is 26.6. The van der Waals surface area contributed by atoms with Gasteiger partial charge >= 0.3 is 17.9 Å². The van der Waals surface area contributed by atoms with Crippen molar-refractivity contribution in [3.05, 3.63) is 0 Å². The first kappa shape index (κ1) is 74.4. The van der Waals surface area contributed by atoms with Gasteiger partial charge in [-0.15, -0.1) is 0 Å². The molecule has 0 amide bonds. The Morgan fingerprint density at radius 1 is 0.264 bits per heavy atom. The van der Waals surface area contributed by atoms with Crippen molar-refractivity contribution in [1.29, 1.82) is 0 Å². The first-order valence-corrected chi connectivity index (χ1v) is 30.2. The van der Waals surface area contributed by atoms with Crippen LogP contribution < -0.4 is 0 Å². The summed E-state index contributed by atoms with van der Waals surface area (Å²) in [4.78, 5) is 33.5. The largest absolute Gasteiger partial charge is 0.466 e. The summed E-state index contributed by atoms with van der Waals surface area (Å²) >= 11 is 0. The summed E-state index contributed by atoms with van der Waals surface area (Å²) in [5, 5.41) is 0. The van der Waals surface area contributed by atoms with Crippen LogP contribution in [0, 0.1) is 0 Å². The third-order valence-electron chi connectivity index (χ3n) is 12.5. The molecule has 12 nitrogen and oxygen atoms in total. The third kappa shape index (κ3) is 68.2. The van der Waals surface area contributed by atoms with Crippen molar-refractivity contribution in [3.8, 4) is 0 Å². The van der Waals surface area contributed by atoms with Crippen molar-refractivity contribution < 1.29 is 57.0 Å². The Balaban J connectivity index is -0.00000100. The van der Waals surface area contributed by atoms with Crippen LogP contribution in [0.4, 0.5) is 0 Å². The van der Waals surface area contributed by atoms with Gasteiger partial charge in [0.1, 0.15) is 0 Å². The van der Waals surface area contributed by atoms with Crippen LogP contribution in [-0.2, 0) is 57.0 Å². The van der Waals surface area contributed by atoms with Crippen molar-refractivity contribution in [3.63, 3.8) is 0 Å². The Labute approximate surface area is 445 Å². The van der Waals surface area contributed by atoms with Crippen LogP contribution in [0.2, 0.25) is 0 Å². The number of unbranched alkanes of at least 4 members (excludes halogenated alkanes) is 24. The number of hydrogen-bond donors (Lipinski definition) is 0. The third-order valence-corrected chi connectivity index (χ3v) is 12.5. The van der Waals surface area contributed by atoms with E-state index in [1.807, 2.05) is 20.8 Å². The van der Waals surface area contributed by atoms with E-state index in [2.05, 4.69) is 41.5 Å². The quantitative estimate of drug-likeness (QED) is 0.0326. The van der Waals surface area contributed by atoms with Crippen LogP contribution in [0.1, 0.15) is 274 Å². The molecule has 3 unspecified atom stereocenters. The molecule has 0 radical (unpaired) electrons. The lowest BCUT2D eigenvalue weighted by Crippen LogP contribution is -2.12. The van der Waals surface area contributed by atoms with E-state index in [0.717, 1.165) is 104 Å². The zero-order valence-corrected chi connectivity index (χ0v) is 49.0. The predicted molar refractivity (Wildman–Crippen MR) is 298 cm³/mol. The van der Waals surface area contributed by atoms with Crippen molar-refractivity contribution in [2.45, 2.75) is 293 Å². The molecule has 0 bridgehead atoms. The van der Waals surface area contributed by atoms with Gasteiger partial charge in [0.05, 0.1) is 77.8 Å². The lowest BCUT2D eigenvalue weighted by Gasteiger charge is -2.10. The lowest BCUT2D eigenvalue weighted by molar-refractivity contribution is -0.144. The summed E-state index contributed by atoms with van der Waals surface area (Å²) in [5.74, 6) is -0.158. The number of carbonyl (C=O) groups is 3. The smallest absolute Gasteiger partial charge is 0.305 e. The highest BCUT2D eigenvalue weighted by molar-refractivity contribution is 5.69. The summed E-state index contributed by atoms with van der Waals surface area (Å²) in [5.41, 5.74) is 0. The summed E-state index contributed by atoms with van der Waals surface area (Å²) < 4.78 is 48.1. The van der Waals surface area contributed by atoms with Crippen LogP contribution in [0.25, 0.3) is 0 Å². The van der Waals surface area contributed by atoms with Gasteiger partial charge in [0.15, 0.2) is 0 Å². The lowest BCUT2D eigenvalue weighted by atomic mass is 10.0. The molecule has 72 heavy (non-hydrogen) atoms. The Morgan fingerprint density at radius 3 is 0.653 bits per heavy atom. The van der Waals surface area contributed by atoms with E-state index in [1.54, 1.807) is 0 Å². The minimum Gasteiger partial charge on any atom is -0.466 e. The van der Waals surface area contributed by atoms with E-state index >= 15 is 0 Å². The molecular weight excluding hydrogens is 913 g/mol. The highest BCUT2D eigenvalue weighted by Gasteiger charge is 2.04. The molecule has 3 atom stereocenters. The number of esters is 3. The average Bonchev–Trinajstić information content (AvgIpc) is 3.37. The summed E-state index contributed by atoms with van der Waals surface area (Å²) in [6, 6.07) is 0. The van der Waals surface area contributed by atoms with Gasteiger partial charge in [-0.25, -0.2) is 0 Å². The molecule has 0 aliphatic carbocycles. The number of ether oxygens (including phenoxy) is 9. The summed E-state index contributed by atoms with van der Waals surface area (Å²) in [6.07, 6.45) is 39.0. The second-order valence-electron chi connectivity index (χ2n) is 19.3. The van der Waals surface area contributed by atoms with Crippen molar-refractivity contribution >= 4 is 17.9 Å². The highest BCUT2D eigenvalue weighted by atomic mass is 16.5. The summed E-state index contributed by atoms with van der Waals surface area (Å²) in [7, 11) is 0. The van der Waals surface area contributed by atoms with E-state index in [0.29, 0.717) is 83.8 Å². The Hall–Kier alpha value is -1.83. The molecule has 0 saturated carbocycles. The molecule has 0 heterocycles. The fourth-order valence-electron chi connectivity index (χ4n) is 7.42. The maximum absolute atomic E-state index is 11.2. The Bertz CT molecular complexity index is 1060. The van der Waals surface area contributed by atoms with Gasteiger partial charge in [-0.3, -0.25) is 14.4 Å². The zero-order chi connectivity index (χ0) is 53.6. The first-order chi connectivity index (χ1) is 35.1. The molecule has 0 spiro atoms. The van der Waals surface area contributed by atoms with Gasteiger partial charge in [-0.2, -0.15) is 0 Å². The van der Waals surface area contributed by atoms with Crippen LogP contribution in [-0.4, -0.2) is 116 Å². The molecule has 0 fully saturated rings. The van der Waals surface area contributed by atoms with Gasteiger partial charge in [0.25, 0.3) is 0 Å². The van der Waals surface area contributed by atoms with Crippen LogP contribution in [0.5, 0.6) is 0 Å². The minimum absolute atomic E-state index is 0.0401. The normalized spacial score (nSPS) is 12.3. The van der Waals surface area contributed by atoms with Crippen LogP contribution in [0.15, 0.2) is 0 Å². The SMILES string of the molecule is CCOC(=O)CCCCCCCCCCCCCCCOCCOC(C)CC.CCOC(=O)CCCCCCCCCCOCCOC(C)CC.CCOC(=O)CCCCCCCCOCCOC(C)CC. The van der Waals surface area contributed by atoms with E-state index in [1.165, 1.54) is 122 Å². The van der Waals surface area contributed by atoms with E-state index in [9.17, 15) is 14.4 Å². The molecule has 12 heteroatoms. The highest BCUT2D eigenvalue weighted by Crippen LogP contribution is 2.14. The van der Waals surface area contributed by atoms with E-state index in [-0.39, 0.29) is 17.9 Å². The maximum Gasteiger partial charge on any atom is 0.305 e. The molecule has 0 aromatic rings. The van der Waals surface area contributed by atoms with Crippen LogP contribution in [0.3, 0.4) is 0 Å². The zero-order valence-electron chi connectivity index (χ0n) is 49.0. The topological polar surface area (TPSA) is 134 Å². The molecule has 0 rings (SSSR count). The molecule has 432 valence electrons. The van der Waals surface area contributed by atoms with Crippen molar-refractivity contribution in [2.75, 3.05) is 79.3 Å². The standard InChI is InChI=1S/C24H48O4.C19H38O4.C17H34O4/c1-4-23(3)28-22-21-26-20-18-16-14-12-10-8-6-7-9-11-13-15-17-19-24(25)27-5-2;1-4-18(3)23-17-16-21-15-13-11-9-7-6-8-10-12-14-19(20)22-5-2;1-4-16(3)21-15-14-19-13-11-9-7-6-8-10-12-17(18)20-5-2/h23H,4-22H2,1-3H3;18H,4-17H2,1-3H3;16H,4-15H2,1-3H3. The molecule has 0 aliphatic heterocycles. The predicted octanol–water partition coefficient (Wildman–Crippen LogP) is 15.8. The second kappa shape index (κ2) is 65.3. The second-order valence-corrected chi connectivity index (χ2v) is 19.3. The van der Waals surface area contributed by atoms with E-state index < -0.39 is 0 Å². The molecule has 0 aromatic heterocycles. The van der Waals surface area contributed by atoms with Crippen molar-refractivity contribution in [2.24, 2.45) is 0 Å². The van der Waals surface area contributed by atoms with Gasteiger partial charge in [-0.1, -0.05) is 156 Å². The van der Waals surface area contributed by atoms with Gasteiger partial charge < -0.3 is 42.6 Å². The number of hydrogen-bond acceptors (Lipinski definition) is 12.